The summed E-state index contributed by atoms with van der Waals surface area (Å²) >= 11 is 0. The van der Waals surface area contributed by atoms with Gasteiger partial charge in [0.25, 0.3) is 0 Å². The summed E-state index contributed by atoms with van der Waals surface area (Å²) in [5, 5.41) is 20.0. The van der Waals surface area contributed by atoms with Gasteiger partial charge in [-0.05, 0) is 18.2 Å². The summed E-state index contributed by atoms with van der Waals surface area (Å²) in [5.74, 6) is -1.35. The number of carbonyl (C=O) groups excluding carboxylic acids is 1. The standard InChI is InChI=1S/C12H11N3O3/c13-5-8-2-1-3-10(4-8)14-12(18)15-6-9(7-15)11(16)17/h1-4,9H,6-7H2,(H,14,18)(H,16,17). The molecule has 2 N–H and O–H groups in total. The van der Waals surface area contributed by atoms with Crippen LogP contribution in [0.2, 0.25) is 0 Å². The van der Waals surface area contributed by atoms with Crippen LogP contribution in [-0.2, 0) is 4.79 Å². The number of carboxylic acid groups (broad SMARTS) is 1. The Kier molecular flexibility index (Phi) is 3.15. The fourth-order valence-electron chi connectivity index (χ4n) is 1.67. The van der Waals surface area contributed by atoms with Gasteiger partial charge in [-0.3, -0.25) is 4.79 Å². The molecular formula is C12H11N3O3. The summed E-state index contributed by atoms with van der Waals surface area (Å²) in [4.78, 5) is 23.7. The first-order valence-corrected chi connectivity index (χ1v) is 5.39. The lowest BCUT2D eigenvalue weighted by molar-refractivity contribution is -0.145. The van der Waals surface area contributed by atoms with Crippen LogP contribution in [0.3, 0.4) is 0 Å². The Balaban J connectivity index is 1.93. The molecule has 92 valence electrons. The molecule has 0 spiro atoms. The molecule has 0 saturated carbocycles. The van der Waals surface area contributed by atoms with Gasteiger partial charge in [0.15, 0.2) is 0 Å². The number of amides is 2. The van der Waals surface area contributed by atoms with Gasteiger partial charge < -0.3 is 15.3 Å². The molecule has 0 bridgehead atoms. The topological polar surface area (TPSA) is 93.4 Å². The maximum absolute atomic E-state index is 11.7. The van der Waals surface area contributed by atoms with Gasteiger partial charge in [-0.15, -0.1) is 0 Å². The first kappa shape index (κ1) is 11.9. The molecule has 1 saturated heterocycles. The van der Waals surface area contributed by atoms with Crippen molar-refractivity contribution in [3.8, 4) is 6.07 Å². The molecule has 1 aromatic rings. The lowest BCUT2D eigenvalue weighted by Gasteiger charge is -2.36. The largest absolute Gasteiger partial charge is 0.481 e. The number of carbonyl (C=O) groups is 2. The van der Waals surface area contributed by atoms with E-state index in [1.807, 2.05) is 6.07 Å². The molecule has 1 heterocycles. The summed E-state index contributed by atoms with van der Waals surface area (Å²) in [6.45, 7) is 0.443. The number of nitrogens with zero attached hydrogens (tertiary/aromatic N) is 2. The van der Waals surface area contributed by atoms with Crippen LogP contribution in [0.5, 0.6) is 0 Å². The predicted molar refractivity (Wildman–Crippen MR) is 62.9 cm³/mol. The zero-order chi connectivity index (χ0) is 13.1. The van der Waals surface area contributed by atoms with Crippen LogP contribution in [0.1, 0.15) is 5.56 Å². The molecule has 1 aliphatic heterocycles. The van der Waals surface area contributed by atoms with Crippen LogP contribution in [0, 0.1) is 17.2 Å². The number of likely N-dealkylation sites (tertiary alicyclic amines) is 1. The molecule has 0 atom stereocenters. The number of hydrogen-bond donors (Lipinski definition) is 2. The van der Waals surface area contributed by atoms with E-state index in [1.165, 1.54) is 4.90 Å². The van der Waals surface area contributed by atoms with Crippen molar-refractivity contribution in [2.24, 2.45) is 5.92 Å². The number of hydrogen-bond acceptors (Lipinski definition) is 3. The molecule has 0 aliphatic carbocycles. The van der Waals surface area contributed by atoms with E-state index in [9.17, 15) is 9.59 Å². The lowest BCUT2D eigenvalue weighted by Crippen LogP contribution is -2.54. The summed E-state index contributed by atoms with van der Waals surface area (Å²) in [6.07, 6.45) is 0. The third kappa shape index (κ3) is 2.40. The molecule has 6 nitrogen and oxygen atoms in total. The van der Waals surface area contributed by atoms with Crippen molar-refractivity contribution in [3.63, 3.8) is 0 Å². The van der Waals surface area contributed by atoms with Crippen molar-refractivity contribution in [2.45, 2.75) is 0 Å². The number of rotatable bonds is 2. The summed E-state index contributed by atoms with van der Waals surface area (Å²) in [5.41, 5.74) is 0.984. The molecule has 18 heavy (non-hydrogen) atoms. The Morgan fingerprint density at radius 2 is 2.17 bits per heavy atom. The molecule has 2 rings (SSSR count). The highest BCUT2D eigenvalue weighted by molar-refractivity contribution is 5.91. The van der Waals surface area contributed by atoms with E-state index in [0.29, 0.717) is 11.3 Å². The first-order chi connectivity index (χ1) is 8.60. The summed E-state index contributed by atoms with van der Waals surface area (Å²) in [7, 11) is 0. The van der Waals surface area contributed by atoms with Crippen molar-refractivity contribution in [1.29, 1.82) is 5.26 Å². The van der Waals surface area contributed by atoms with Crippen LogP contribution < -0.4 is 5.32 Å². The second kappa shape index (κ2) is 4.75. The highest BCUT2D eigenvalue weighted by Gasteiger charge is 2.35. The van der Waals surface area contributed by atoms with Gasteiger partial charge in [-0.1, -0.05) is 6.07 Å². The summed E-state index contributed by atoms with van der Waals surface area (Å²) < 4.78 is 0. The van der Waals surface area contributed by atoms with E-state index < -0.39 is 11.9 Å². The number of nitriles is 1. The van der Waals surface area contributed by atoms with Crippen LogP contribution in [-0.4, -0.2) is 35.1 Å². The van der Waals surface area contributed by atoms with Gasteiger partial charge in [0.05, 0.1) is 17.6 Å². The zero-order valence-corrected chi connectivity index (χ0v) is 9.46. The van der Waals surface area contributed by atoms with E-state index >= 15 is 0 Å². The molecule has 1 aromatic carbocycles. The van der Waals surface area contributed by atoms with Crippen molar-refractivity contribution >= 4 is 17.7 Å². The second-order valence-electron chi connectivity index (χ2n) is 4.06. The SMILES string of the molecule is N#Cc1cccc(NC(=O)N2CC(C(=O)O)C2)c1. The quantitative estimate of drug-likeness (QED) is 0.816. The third-order valence-corrected chi connectivity index (χ3v) is 2.76. The normalized spacial score (nSPS) is 14.5. The summed E-state index contributed by atoms with van der Waals surface area (Å²) in [6, 6.07) is 8.18. The van der Waals surface area contributed by atoms with Gasteiger partial charge >= 0.3 is 12.0 Å². The van der Waals surface area contributed by atoms with Crippen molar-refractivity contribution < 1.29 is 14.7 Å². The van der Waals surface area contributed by atoms with E-state index in [1.54, 1.807) is 24.3 Å². The zero-order valence-electron chi connectivity index (χ0n) is 9.46. The second-order valence-corrected chi connectivity index (χ2v) is 4.06. The maximum atomic E-state index is 11.7. The fraction of sp³-hybridized carbons (Fsp3) is 0.250. The number of anilines is 1. The first-order valence-electron chi connectivity index (χ1n) is 5.39. The maximum Gasteiger partial charge on any atom is 0.321 e. The van der Waals surface area contributed by atoms with Crippen molar-refractivity contribution in [2.75, 3.05) is 18.4 Å². The van der Waals surface area contributed by atoms with Crippen LogP contribution in [0.25, 0.3) is 0 Å². The fourth-order valence-corrected chi connectivity index (χ4v) is 1.67. The monoisotopic (exact) mass is 245 g/mol. The van der Waals surface area contributed by atoms with E-state index in [-0.39, 0.29) is 19.1 Å². The van der Waals surface area contributed by atoms with Crippen molar-refractivity contribution in [3.05, 3.63) is 29.8 Å². The number of aliphatic carboxylic acids is 1. The third-order valence-electron chi connectivity index (χ3n) is 2.76. The molecule has 0 unspecified atom stereocenters. The van der Waals surface area contributed by atoms with E-state index in [2.05, 4.69) is 5.32 Å². The highest BCUT2D eigenvalue weighted by atomic mass is 16.4. The highest BCUT2D eigenvalue weighted by Crippen LogP contribution is 2.18. The molecular weight excluding hydrogens is 234 g/mol. The smallest absolute Gasteiger partial charge is 0.321 e. The van der Waals surface area contributed by atoms with Crippen LogP contribution in [0.4, 0.5) is 10.5 Å². The minimum absolute atomic E-state index is 0.221. The molecule has 1 fully saturated rings. The van der Waals surface area contributed by atoms with Crippen LogP contribution in [0.15, 0.2) is 24.3 Å². The lowest BCUT2D eigenvalue weighted by atomic mass is 10.0. The minimum Gasteiger partial charge on any atom is -0.481 e. The number of carboxylic acids is 1. The van der Waals surface area contributed by atoms with Crippen molar-refractivity contribution in [1.82, 2.24) is 4.90 Å². The molecule has 0 aromatic heterocycles. The Bertz CT molecular complexity index is 530. The van der Waals surface area contributed by atoms with Crippen LogP contribution >= 0.6 is 0 Å². The molecule has 2 amide bonds. The number of benzene rings is 1. The Morgan fingerprint density at radius 3 is 2.78 bits per heavy atom. The molecule has 6 heteroatoms. The van der Waals surface area contributed by atoms with E-state index in [4.69, 9.17) is 10.4 Å². The average molecular weight is 245 g/mol. The Morgan fingerprint density at radius 1 is 1.44 bits per heavy atom. The van der Waals surface area contributed by atoms with E-state index in [0.717, 1.165) is 0 Å². The number of nitrogens with one attached hydrogen (secondary N) is 1. The average Bonchev–Trinajstić information content (AvgIpc) is 2.26. The molecule has 0 radical (unpaired) electrons. The Labute approximate surface area is 103 Å². The van der Waals surface area contributed by atoms with Gasteiger partial charge in [0, 0.05) is 18.8 Å². The Hall–Kier alpha value is -2.55. The van der Waals surface area contributed by atoms with Gasteiger partial charge in [0.1, 0.15) is 0 Å². The van der Waals surface area contributed by atoms with Gasteiger partial charge in [-0.2, -0.15) is 5.26 Å². The minimum atomic E-state index is -0.884. The predicted octanol–water partition coefficient (Wildman–Crippen LogP) is 1.11. The van der Waals surface area contributed by atoms with Gasteiger partial charge in [0.2, 0.25) is 0 Å². The van der Waals surface area contributed by atoms with Gasteiger partial charge in [-0.25, -0.2) is 4.79 Å². The molecule has 1 aliphatic rings. The number of urea groups is 1.